The molecule has 0 saturated carbocycles. The second-order valence-electron chi connectivity index (χ2n) is 3.55. The second-order valence-corrected chi connectivity index (χ2v) is 6.77. The number of benzene rings is 1. The van der Waals surface area contributed by atoms with Gasteiger partial charge in [0.25, 0.3) is 0 Å². The van der Waals surface area contributed by atoms with Crippen LogP contribution in [0.2, 0.25) is 0 Å². The molecular formula is C10H16NOP. The van der Waals surface area contributed by atoms with Crippen molar-refractivity contribution in [3.63, 3.8) is 0 Å². The Bertz CT molecular complexity index is 312. The molecule has 1 aromatic rings. The van der Waals surface area contributed by atoms with Crippen LogP contribution in [0, 0.1) is 0 Å². The van der Waals surface area contributed by atoms with E-state index in [2.05, 4.69) is 5.32 Å². The van der Waals surface area contributed by atoms with Crippen LogP contribution in [-0.2, 0) is 11.1 Å². The summed E-state index contributed by atoms with van der Waals surface area (Å²) in [5.41, 5.74) is 1.22. The minimum absolute atomic E-state index is 0.859. The number of rotatable bonds is 3. The molecule has 0 aromatic heterocycles. The first-order valence-electron chi connectivity index (χ1n) is 4.33. The third-order valence-corrected chi connectivity index (χ3v) is 3.48. The zero-order valence-electron chi connectivity index (χ0n) is 8.37. The minimum atomic E-state index is -2.08. The highest BCUT2D eigenvalue weighted by atomic mass is 31.2. The van der Waals surface area contributed by atoms with E-state index in [9.17, 15) is 4.57 Å². The SMILES string of the molecule is CNCc1ccc(P(C)(C)=O)cc1. The second kappa shape index (κ2) is 4.08. The van der Waals surface area contributed by atoms with Crippen molar-refractivity contribution in [1.29, 1.82) is 0 Å². The summed E-state index contributed by atoms with van der Waals surface area (Å²) in [6, 6.07) is 7.94. The minimum Gasteiger partial charge on any atom is -0.319 e. The van der Waals surface area contributed by atoms with Crippen molar-refractivity contribution < 1.29 is 4.57 Å². The van der Waals surface area contributed by atoms with Crippen LogP contribution in [0.15, 0.2) is 24.3 Å². The van der Waals surface area contributed by atoms with Gasteiger partial charge in [0.15, 0.2) is 0 Å². The average Bonchev–Trinajstić information content (AvgIpc) is 2.04. The van der Waals surface area contributed by atoms with Gasteiger partial charge in [-0.1, -0.05) is 24.3 Å². The summed E-state index contributed by atoms with van der Waals surface area (Å²) in [6.45, 7) is 4.44. The molecule has 3 heteroatoms. The lowest BCUT2D eigenvalue weighted by Crippen LogP contribution is -2.07. The number of hydrogen-bond acceptors (Lipinski definition) is 2. The van der Waals surface area contributed by atoms with Crippen LogP contribution in [0.3, 0.4) is 0 Å². The monoisotopic (exact) mass is 197 g/mol. The molecule has 0 saturated heterocycles. The molecule has 0 heterocycles. The van der Waals surface area contributed by atoms with Crippen molar-refractivity contribution in [3.05, 3.63) is 29.8 Å². The normalized spacial score (nSPS) is 11.6. The fourth-order valence-electron chi connectivity index (χ4n) is 1.18. The molecule has 0 spiro atoms. The molecule has 0 aliphatic rings. The molecule has 0 amide bonds. The van der Waals surface area contributed by atoms with E-state index in [0.29, 0.717) is 0 Å². The maximum Gasteiger partial charge on any atom is 0.109 e. The largest absolute Gasteiger partial charge is 0.319 e. The third kappa shape index (κ3) is 2.98. The van der Waals surface area contributed by atoms with E-state index in [4.69, 9.17) is 0 Å². The molecule has 0 unspecified atom stereocenters. The van der Waals surface area contributed by atoms with Gasteiger partial charge in [-0.2, -0.15) is 0 Å². The quantitative estimate of drug-likeness (QED) is 0.746. The van der Waals surface area contributed by atoms with Gasteiger partial charge in [0.05, 0.1) is 0 Å². The summed E-state index contributed by atoms with van der Waals surface area (Å²) in [5, 5.41) is 4.02. The molecule has 1 aromatic carbocycles. The van der Waals surface area contributed by atoms with Crippen LogP contribution in [0.1, 0.15) is 5.56 Å². The number of nitrogens with one attached hydrogen (secondary N) is 1. The van der Waals surface area contributed by atoms with Crippen LogP contribution in [0.4, 0.5) is 0 Å². The summed E-state index contributed by atoms with van der Waals surface area (Å²) in [6.07, 6.45) is 0. The summed E-state index contributed by atoms with van der Waals surface area (Å²) in [5.74, 6) is 0. The van der Waals surface area contributed by atoms with Gasteiger partial charge in [0, 0.05) is 11.8 Å². The Morgan fingerprint density at radius 1 is 1.23 bits per heavy atom. The topological polar surface area (TPSA) is 29.1 Å². The zero-order chi connectivity index (χ0) is 9.90. The third-order valence-electron chi connectivity index (χ3n) is 1.94. The van der Waals surface area contributed by atoms with Crippen molar-refractivity contribution in [2.75, 3.05) is 20.4 Å². The first kappa shape index (κ1) is 10.5. The first-order valence-corrected chi connectivity index (χ1v) is 6.93. The van der Waals surface area contributed by atoms with Crippen molar-refractivity contribution in [1.82, 2.24) is 5.32 Å². The van der Waals surface area contributed by atoms with E-state index in [0.717, 1.165) is 11.8 Å². The Morgan fingerprint density at radius 2 is 1.77 bits per heavy atom. The predicted molar refractivity (Wildman–Crippen MR) is 58.3 cm³/mol. The summed E-state index contributed by atoms with van der Waals surface area (Å²) < 4.78 is 11.7. The summed E-state index contributed by atoms with van der Waals surface area (Å²) in [4.78, 5) is 0. The average molecular weight is 197 g/mol. The summed E-state index contributed by atoms with van der Waals surface area (Å²) >= 11 is 0. The van der Waals surface area contributed by atoms with E-state index in [-0.39, 0.29) is 0 Å². The van der Waals surface area contributed by atoms with Crippen LogP contribution in [0.5, 0.6) is 0 Å². The highest BCUT2D eigenvalue weighted by molar-refractivity contribution is 7.70. The molecule has 0 atom stereocenters. The molecule has 0 fully saturated rings. The Morgan fingerprint density at radius 3 is 2.15 bits per heavy atom. The lowest BCUT2D eigenvalue weighted by Gasteiger charge is -2.07. The molecular weight excluding hydrogens is 181 g/mol. The Labute approximate surface area is 79.7 Å². The molecule has 1 N–H and O–H groups in total. The Balaban J connectivity index is 2.88. The maximum atomic E-state index is 11.7. The highest BCUT2D eigenvalue weighted by Gasteiger charge is 2.09. The lowest BCUT2D eigenvalue weighted by molar-refractivity contribution is 0.588. The molecule has 72 valence electrons. The highest BCUT2D eigenvalue weighted by Crippen LogP contribution is 2.34. The molecule has 0 radical (unpaired) electrons. The maximum absolute atomic E-state index is 11.7. The van der Waals surface area contributed by atoms with Crippen LogP contribution in [0.25, 0.3) is 0 Å². The van der Waals surface area contributed by atoms with Crippen molar-refractivity contribution in [2.24, 2.45) is 0 Å². The van der Waals surface area contributed by atoms with Gasteiger partial charge in [0.1, 0.15) is 7.14 Å². The van der Waals surface area contributed by atoms with Crippen LogP contribution < -0.4 is 10.6 Å². The Hall–Kier alpha value is -0.590. The van der Waals surface area contributed by atoms with Gasteiger partial charge >= 0.3 is 0 Å². The fourth-order valence-corrected chi connectivity index (χ4v) is 2.04. The summed E-state index contributed by atoms with van der Waals surface area (Å²) in [7, 11) is -0.162. The van der Waals surface area contributed by atoms with E-state index < -0.39 is 7.14 Å². The smallest absolute Gasteiger partial charge is 0.109 e. The fraction of sp³-hybridized carbons (Fsp3) is 0.400. The van der Waals surface area contributed by atoms with Crippen molar-refractivity contribution in [2.45, 2.75) is 6.54 Å². The van der Waals surface area contributed by atoms with E-state index >= 15 is 0 Å². The van der Waals surface area contributed by atoms with E-state index in [1.807, 2.05) is 31.3 Å². The predicted octanol–water partition coefficient (Wildman–Crippen LogP) is 1.65. The van der Waals surface area contributed by atoms with Gasteiger partial charge in [-0.25, -0.2) is 0 Å². The number of hydrogen-bond donors (Lipinski definition) is 1. The first-order chi connectivity index (χ1) is 6.04. The van der Waals surface area contributed by atoms with Gasteiger partial charge in [-0.3, -0.25) is 0 Å². The standard InChI is InChI=1S/C10H16NOP/c1-11-8-9-4-6-10(7-5-9)13(2,3)12/h4-7,11H,8H2,1-3H3. The lowest BCUT2D eigenvalue weighted by atomic mass is 10.2. The van der Waals surface area contributed by atoms with Crippen LogP contribution in [-0.4, -0.2) is 20.4 Å². The molecule has 0 aliphatic heterocycles. The van der Waals surface area contributed by atoms with Gasteiger partial charge in [0.2, 0.25) is 0 Å². The van der Waals surface area contributed by atoms with Gasteiger partial charge in [-0.05, 0) is 25.9 Å². The van der Waals surface area contributed by atoms with Crippen molar-refractivity contribution in [3.8, 4) is 0 Å². The van der Waals surface area contributed by atoms with Gasteiger partial charge in [-0.15, -0.1) is 0 Å². The van der Waals surface area contributed by atoms with Crippen LogP contribution >= 0.6 is 7.14 Å². The molecule has 0 aliphatic carbocycles. The zero-order valence-corrected chi connectivity index (χ0v) is 9.27. The molecule has 2 nitrogen and oxygen atoms in total. The molecule has 0 bridgehead atoms. The molecule has 13 heavy (non-hydrogen) atoms. The van der Waals surface area contributed by atoms with Crippen molar-refractivity contribution >= 4 is 12.4 Å². The van der Waals surface area contributed by atoms with E-state index in [1.165, 1.54) is 5.56 Å². The Kier molecular flexibility index (Phi) is 3.29. The molecule has 1 rings (SSSR count). The van der Waals surface area contributed by atoms with Gasteiger partial charge < -0.3 is 9.88 Å². The van der Waals surface area contributed by atoms with E-state index in [1.54, 1.807) is 13.3 Å².